The Bertz CT molecular complexity index is 1330. The molecule has 36 heavy (non-hydrogen) atoms. The van der Waals surface area contributed by atoms with Crippen molar-refractivity contribution >= 4 is 15.9 Å². The van der Waals surface area contributed by atoms with Gasteiger partial charge in [-0.25, -0.2) is 18.1 Å². The van der Waals surface area contributed by atoms with Crippen LogP contribution in [0.4, 0.5) is 0 Å². The Hall–Kier alpha value is -3.38. The number of hydrogen-bond acceptors (Lipinski definition) is 8. The minimum absolute atomic E-state index is 0.0670. The summed E-state index contributed by atoms with van der Waals surface area (Å²) in [5.41, 5.74) is 2.50. The van der Waals surface area contributed by atoms with Crippen LogP contribution in [0.25, 0.3) is 11.4 Å². The van der Waals surface area contributed by atoms with Crippen molar-refractivity contribution in [2.75, 3.05) is 13.4 Å². The van der Waals surface area contributed by atoms with Gasteiger partial charge in [0.2, 0.25) is 15.8 Å². The Balaban J connectivity index is 1.41. The molecule has 2 N–H and O–H groups in total. The van der Waals surface area contributed by atoms with E-state index in [0.29, 0.717) is 30.2 Å². The highest BCUT2D eigenvalue weighted by Gasteiger charge is 2.25. The van der Waals surface area contributed by atoms with Crippen molar-refractivity contribution in [1.82, 2.24) is 35.2 Å². The van der Waals surface area contributed by atoms with Crippen molar-refractivity contribution in [1.29, 1.82) is 0 Å². The Morgan fingerprint density at radius 1 is 1.22 bits per heavy atom. The molecule has 11 nitrogen and oxygen atoms in total. The van der Waals surface area contributed by atoms with Crippen molar-refractivity contribution < 1.29 is 17.9 Å². The van der Waals surface area contributed by atoms with Crippen LogP contribution in [-0.2, 0) is 23.1 Å². The number of rotatable bonds is 9. The lowest BCUT2D eigenvalue weighted by Gasteiger charge is -2.28. The number of hydrogen-bond donors (Lipinski definition) is 2. The second kappa shape index (κ2) is 11.1. The fraction of sp³-hybridized carbons (Fsp3) is 0.458. The van der Waals surface area contributed by atoms with Crippen LogP contribution < -0.4 is 14.8 Å². The number of amides is 1. The number of nitrogens with zero attached hydrogens (tertiary/aromatic N) is 5. The first kappa shape index (κ1) is 25.7. The molecule has 192 valence electrons. The van der Waals surface area contributed by atoms with Gasteiger partial charge in [0.15, 0.2) is 0 Å². The molecule has 1 saturated carbocycles. The van der Waals surface area contributed by atoms with Crippen LogP contribution in [0.5, 0.6) is 5.75 Å². The van der Waals surface area contributed by atoms with Gasteiger partial charge < -0.3 is 10.1 Å². The fourth-order valence-corrected chi connectivity index (χ4v) is 5.32. The largest absolute Gasteiger partial charge is 0.497 e. The van der Waals surface area contributed by atoms with E-state index >= 15 is 0 Å². The van der Waals surface area contributed by atoms with Crippen LogP contribution >= 0.6 is 0 Å². The van der Waals surface area contributed by atoms with E-state index in [1.807, 2.05) is 37.3 Å². The third-order valence-electron chi connectivity index (χ3n) is 6.07. The number of carbonyl (C=O) groups excluding carboxylic acids is 1. The maximum atomic E-state index is 12.8. The highest BCUT2D eigenvalue weighted by molar-refractivity contribution is 7.88. The molecule has 1 aliphatic carbocycles. The van der Waals surface area contributed by atoms with Crippen LogP contribution in [0.1, 0.15) is 47.4 Å². The molecule has 2 aromatic heterocycles. The van der Waals surface area contributed by atoms with Gasteiger partial charge >= 0.3 is 0 Å². The van der Waals surface area contributed by atoms with E-state index in [2.05, 4.69) is 30.4 Å². The van der Waals surface area contributed by atoms with Gasteiger partial charge in [-0.05, 0) is 67.1 Å². The first-order valence-corrected chi connectivity index (χ1v) is 13.7. The molecule has 1 aliphatic rings. The zero-order chi connectivity index (χ0) is 25.7. The molecule has 0 spiro atoms. The third kappa shape index (κ3) is 7.08. The van der Waals surface area contributed by atoms with Gasteiger partial charge in [0.05, 0.1) is 19.9 Å². The predicted octanol–water partition coefficient (Wildman–Crippen LogP) is 2.09. The maximum Gasteiger partial charge on any atom is 0.270 e. The number of benzene rings is 1. The van der Waals surface area contributed by atoms with Crippen LogP contribution in [-0.4, -0.2) is 58.9 Å². The molecular formula is C24H31N7O4S. The number of nitrogens with one attached hydrogen (secondary N) is 2. The number of methoxy groups -OCH3 is 1. The molecule has 1 aromatic carbocycles. The van der Waals surface area contributed by atoms with Crippen molar-refractivity contribution in [2.24, 2.45) is 5.92 Å². The fourth-order valence-electron chi connectivity index (χ4n) is 4.50. The summed E-state index contributed by atoms with van der Waals surface area (Å²) >= 11 is 0. The Labute approximate surface area is 210 Å². The zero-order valence-electron chi connectivity index (χ0n) is 20.6. The predicted molar refractivity (Wildman–Crippen MR) is 134 cm³/mol. The summed E-state index contributed by atoms with van der Waals surface area (Å²) in [6.07, 6.45) is 4.67. The summed E-state index contributed by atoms with van der Waals surface area (Å²) in [4.78, 5) is 18.7. The molecule has 3 aromatic rings. The lowest BCUT2D eigenvalue weighted by Crippen LogP contribution is -2.38. The molecule has 0 radical (unpaired) electrons. The number of tetrazole rings is 1. The minimum atomic E-state index is -3.24. The summed E-state index contributed by atoms with van der Waals surface area (Å²) in [6, 6.07) is 10.9. The van der Waals surface area contributed by atoms with Gasteiger partial charge in [0, 0.05) is 23.8 Å². The SMILES string of the molecule is COc1cccc(CNC(=O)c2cc(-c3nnn(C[C@@H]4CCC[C@@H](NS(C)(=O)=O)C4)n3)cc(C)n2)c1. The third-order valence-corrected chi connectivity index (χ3v) is 6.83. The number of aromatic nitrogens is 5. The van der Waals surface area contributed by atoms with E-state index in [1.54, 1.807) is 18.0 Å². The monoisotopic (exact) mass is 513 g/mol. The number of ether oxygens (including phenoxy) is 1. The van der Waals surface area contributed by atoms with Gasteiger partial charge in [-0.1, -0.05) is 18.6 Å². The van der Waals surface area contributed by atoms with Gasteiger partial charge in [0.1, 0.15) is 11.4 Å². The van der Waals surface area contributed by atoms with E-state index in [9.17, 15) is 13.2 Å². The summed E-state index contributed by atoms with van der Waals surface area (Å²) in [6.45, 7) is 2.70. The van der Waals surface area contributed by atoms with Gasteiger partial charge in [-0.15, -0.1) is 10.2 Å². The Morgan fingerprint density at radius 3 is 2.83 bits per heavy atom. The van der Waals surface area contributed by atoms with E-state index in [0.717, 1.165) is 37.0 Å². The van der Waals surface area contributed by atoms with Crippen LogP contribution in [0.3, 0.4) is 0 Å². The molecule has 0 bridgehead atoms. The van der Waals surface area contributed by atoms with E-state index < -0.39 is 10.0 Å². The van der Waals surface area contributed by atoms with Gasteiger partial charge in [-0.3, -0.25) is 4.79 Å². The van der Waals surface area contributed by atoms with Gasteiger partial charge in [0.25, 0.3) is 5.91 Å². The quantitative estimate of drug-likeness (QED) is 0.443. The van der Waals surface area contributed by atoms with E-state index in [-0.39, 0.29) is 23.6 Å². The molecule has 0 saturated heterocycles. The zero-order valence-corrected chi connectivity index (χ0v) is 21.5. The number of carbonyl (C=O) groups is 1. The maximum absolute atomic E-state index is 12.8. The molecule has 2 atom stereocenters. The molecule has 4 rings (SSSR count). The van der Waals surface area contributed by atoms with E-state index in [1.165, 1.54) is 6.26 Å². The molecule has 0 unspecified atom stereocenters. The molecule has 2 heterocycles. The minimum Gasteiger partial charge on any atom is -0.497 e. The smallest absolute Gasteiger partial charge is 0.270 e. The highest BCUT2D eigenvalue weighted by Crippen LogP contribution is 2.26. The number of aryl methyl sites for hydroxylation is 1. The standard InChI is InChI=1S/C24H31N7O4S/c1-16-10-19(13-22(26-16)24(32)25-14-17-6-5-9-21(12-17)35-2)23-27-30-31(28-23)15-18-7-4-8-20(11-18)29-36(3,33)34/h5-6,9-10,12-13,18,20,29H,4,7-8,11,14-15H2,1-3H3,(H,25,32)/t18-,20-/m1/s1. The lowest BCUT2D eigenvalue weighted by molar-refractivity contribution is 0.0945. The number of sulfonamides is 1. The van der Waals surface area contributed by atoms with Crippen molar-refractivity contribution in [3.63, 3.8) is 0 Å². The van der Waals surface area contributed by atoms with Crippen molar-refractivity contribution in [3.05, 3.63) is 53.3 Å². The first-order valence-electron chi connectivity index (χ1n) is 11.8. The molecule has 0 aliphatic heterocycles. The molecular weight excluding hydrogens is 482 g/mol. The Kier molecular flexibility index (Phi) is 7.94. The van der Waals surface area contributed by atoms with E-state index in [4.69, 9.17) is 4.74 Å². The normalized spacial score (nSPS) is 18.1. The second-order valence-corrected chi connectivity index (χ2v) is 11.0. The van der Waals surface area contributed by atoms with Crippen LogP contribution in [0.2, 0.25) is 0 Å². The molecule has 12 heteroatoms. The topological polar surface area (TPSA) is 141 Å². The summed E-state index contributed by atoms with van der Waals surface area (Å²) in [5, 5.41) is 15.8. The van der Waals surface area contributed by atoms with Crippen LogP contribution in [0.15, 0.2) is 36.4 Å². The summed E-state index contributed by atoms with van der Waals surface area (Å²) in [7, 11) is -1.64. The second-order valence-electron chi connectivity index (χ2n) is 9.20. The van der Waals surface area contributed by atoms with Crippen LogP contribution in [0, 0.1) is 12.8 Å². The van der Waals surface area contributed by atoms with Crippen molar-refractivity contribution in [2.45, 2.75) is 51.7 Å². The number of pyridine rings is 1. The summed E-state index contributed by atoms with van der Waals surface area (Å²) < 4.78 is 31.1. The lowest BCUT2D eigenvalue weighted by atomic mass is 9.86. The highest BCUT2D eigenvalue weighted by atomic mass is 32.2. The van der Waals surface area contributed by atoms with Crippen molar-refractivity contribution in [3.8, 4) is 17.1 Å². The summed E-state index contributed by atoms with van der Waals surface area (Å²) in [5.74, 6) is 1.07. The first-order chi connectivity index (χ1) is 17.2. The molecule has 1 fully saturated rings. The average Bonchev–Trinajstić information content (AvgIpc) is 3.30. The molecule has 1 amide bonds. The van der Waals surface area contributed by atoms with Gasteiger partial charge in [-0.2, -0.15) is 4.80 Å². The Morgan fingerprint density at radius 2 is 2.06 bits per heavy atom. The average molecular weight is 514 g/mol.